The van der Waals surface area contributed by atoms with E-state index in [9.17, 15) is 4.79 Å². The second-order valence-corrected chi connectivity index (χ2v) is 4.57. The van der Waals surface area contributed by atoms with E-state index >= 15 is 0 Å². The third-order valence-electron chi connectivity index (χ3n) is 3.20. The molecule has 4 N–H and O–H groups in total. The molecule has 0 aliphatic heterocycles. The molecule has 0 saturated heterocycles. The largest absolute Gasteiger partial charge is 0.382 e. The van der Waals surface area contributed by atoms with Crippen molar-refractivity contribution in [2.24, 2.45) is 5.73 Å². The van der Waals surface area contributed by atoms with Crippen LogP contribution in [-0.2, 0) is 0 Å². The Kier molecular flexibility index (Phi) is 3.64. The molecule has 17 heavy (non-hydrogen) atoms. The number of carbonyl (C=O) groups is 1. The Balaban J connectivity index is 2.03. The van der Waals surface area contributed by atoms with Gasteiger partial charge in [-0.15, -0.1) is 0 Å². The summed E-state index contributed by atoms with van der Waals surface area (Å²) in [6.07, 6.45) is 3.18. The van der Waals surface area contributed by atoms with Gasteiger partial charge >= 0.3 is 0 Å². The Morgan fingerprint density at radius 2 is 2.24 bits per heavy atom. The average Bonchev–Trinajstić information content (AvgIpc) is 2.74. The van der Waals surface area contributed by atoms with Crippen molar-refractivity contribution in [3.05, 3.63) is 29.8 Å². The lowest BCUT2D eigenvalue weighted by molar-refractivity contribution is 0.0963. The zero-order valence-corrected chi connectivity index (χ0v) is 10.1. The van der Waals surface area contributed by atoms with Crippen LogP contribution in [0.5, 0.6) is 0 Å². The highest BCUT2D eigenvalue weighted by atomic mass is 16.1. The lowest BCUT2D eigenvalue weighted by atomic mass is 10.1. The quantitative estimate of drug-likeness (QED) is 0.738. The predicted octanol–water partition coefficient (Wildman–Crippen LogP) is 1.34. The predicted molar refractivity (Wildman–Crippen MR) is 69.1 cm³/mol. The van der Waals surface area contributed by atoms with Crippen LogP contribution in [0.3, 0.4) is 0 Å². The van der Waals surface area contributed by atoms with Crippen LogP contribution in [0.2, 0.25) is 0 Å². The summed E-state index contributed by atoms with van der Waals surface area (Å²) < 4.78 is 0. The van der Waals surface area contributed by atoms with E-state index in [1.165, 1.54) is 0 Å². The van der Waals surface area contributed by atoms with Crippen molar-refractivity contribution in [1.82, 2.24) is 5.32 Å². The fourth-order valence-electron chi connectivity index (χ4n) is 2.28. The molecule has 1 saturated carbocycles. The van der Waals surface area contributed by atoms with Gasteiger partial charge in [0.25, 0.3) is 5.91 Å². The van der Waals surface area contributed by atoms with Gasteiger partial charge in [-0.1, -0.05) is 6.07 Å². The average molecular weight is 233 g/mol. The molecule has 4 heteroatoms. The Morgan fingerprint density at radius 3 is 2.88 bits per heavy atom. The molecule has 0 aromatic heterocycles. The highest BCUT2D eigenvalue weighted by Crippen LogP contribution is 2.22. The SMILES string of the molecule is CNC(=O)c1cccc(NC2CCC(N)C2)c1. The normalized spacial score (nSPS) is 23.4. The molecular weight excluding hydrogens is 214 g/mol. The van der Waals surface area contributed by atoms with E-state index in [1.54, 1.807) is 7.05 Å². The van der Waals surface area contributed by atoms with Gasteiger partial charge < -0.3 is 16.4 Å². The van der Waals surface area contributed by atoms with Crippen molar-refractivity contribution < 1.29 is 4.79 Å². The van der Waals surface area contributed by atoms with E-state index in [-0.39, 0.29) is 5.91 Å². The molecule has 1 aromatic carbocycles. The fraction of sp³-hybridized carbons (Fsp3) is 0.462. The number of hydrogen-bond donors (Lipinski definition) is 3. The molecular formula is C13H19N3O. The molecule has 92 valence electrons. The lowest BCUT2D eigenvalue weighted by Gasteiger charge is -2.14. The van der Waals surface area contributed by atoms with Crippen molar-refractivity contribution in [3.8, 4) is 0 Å². The van der Waals surface area contributed by atoms with E-state index in [2.05, 4.69) is 10.6 Å². The Bertz CT molecular complexity index is 405. The maximum Gasteiger partial charge on any atom is 0.251 e. The van der Waals surface area contributed by atoms with E-state index in [0.717, 1.165) is 24.9 Å². The Hall–Kier alpha value is -1.55. The summed E-state index contributed by atoms with van der Waals surface area (Å²) in [4.78, 5) is 11.5. The monoisotopic (exact) mass is 233 g/mol. The number of carbonyl (C=O) groups excluding carboxylic acids is 1. The van der Waals surface area contributed by atoms with Crippen LogP contribution < -0.4 is 16.4 Å². The number of hydrogen-bond acceptors (Lipinski definition) is 3. The van der Waals surface area contributed by atoms with Gasteiger partial charge in [-0.2, -0.15) is 0 Å². The summed E-state index contributed by atoms with van der Waals surface area (Å²) in [6, 6.07) is 8.31. The molecule has 4 nitrogen and oxygen atoms in total. The standard InChI is InChI=1S/C13H19N3O/c1-15-13(17)9-3-2-4-11(7-9)16-12-6-5-10(14)8-12/h2-4,7,10,12,16H,5-6,8,14H2,1H3,(H,15,17). The number of nitrogens with one attached hydrogen (secondary N) is 2. The van der Waals surface area contributed by atoms with Gasteiger partial charge in [0.2, 0.25) is 0 Å². The molecule has 1 aliphatic rings. The van der Waals surface area contributed by atoms with Gasteiger partial charge in [-0.3, -0.25) is 4.79 Å². The van der Waals surface area contributed by atoms with Crippen LogP contribution in [-0.4, -0.2) is 25.0 Å². The zero-order chi connectivity index (χ0) is 12.3. The number of rotatable bonds is 3. The second-order valence-electron chi connectivity index (χ2n) is 4.57. The van der Waals surface area contributed by atoms with Crippen LogP contribution in [0.1, 0.15) is 29.6 Å². The van der Waals surface area contributed by atoms with Gasteiger partial charge in [-0.25, -0.2) is 0 Å². The number of amides is 1. The van der Waals surface area contributed by atoms with Crippen LogP contribution in [0.15, 0.2) is 24.3 Å². The van der Waals surface area contributed by atoms with E-state index in [4.69, 9.17) is 5.73 Å². The van der Waals surface area contributed by atoms with Crippen LogP contribution in [0.4, 0.5) is 5.69 Å². The molecule has 0 spiro atoms. The minimum absolute atomic E-state index is 0.0585. The van der Waals surface area contributed by atoms with Gasteiger partial charge in [0, 0.05) is 30.4 Å². The molecule has 1 amide bonds. The van der Waals surface area contributed by atoms with Crippen LogP contribution in [0, 0.1) is 0 Å². The lowest BCUT2D eigenvalue weighted by Crippen LogP contribution is -2.21. The summed E-state index contributed by atoms with van der Waals surface area (Å²) in [5.74, 6) is -0.0585. The van der Waals surface area contributed by atoms with Gasteiger partial charge in [0.1, 0.15) is 0 Å². The third kappa shape index (κ3) is 2.97. The smallest absolute Gasteiger partial charge is 0.251 e. The highest BCUT2D eigenvalue weighted by Gasteiger charge is 2.21. The topological polar surface area (TPSA) is 67.2 Å². The van der Waals surface area contributed by atoms with Crippen molar-refractivity contribution in [2.45, 2.75) is 31.3 Å². The van der Waals surface area contributed by atoms with Crippen molar-refractivity contribution >= 4 is 11.6 Å². The van der Waals surface area contributed by atoms with Crippen molar-refractivity contribution in [3.63, 3.8) is 0 Å². The van der Waals surface area contributed by atoms with E-state index in [0.29, 0.717) is 17.6 Å². The molecule has 0 heterocycles. The minimum atomic E-state index is -0.0585. The molecule has 0 radical (unpaired) electrons. The number of benzene rings is 1. The van der Waals surface area contributed by atoms with Gasteiger partial charge in [-0.05, 0) is 37.5 Å². The van der Waals surface area contributed by atoms with Crippen LogP contribution >= 0.6 is 0 Å². The summed E-state index contributed by atoms with van der Waals surface area (Å²) >= 11 is 0. The molecule has 2 rings (SSSR count). The summed E-state index contributed by atoms with van der Waals surface area (Å²) in [6.45, 7) is 0. The fourth-order valence-corrected chi connectivity index (χ4v) is 2.28. The Labute approximate surface area is 102 Å². The first kappa shape index (κ1) is 11.9. The number of nitrogens with two attached hydrogens (primary N) is 1. The molecule has 1 fully saturated rings. The molecule has 0 bridgehead atoms. The first-order chi connectivity index (χ1) is 8.19. The summed E-state index contributed by atoms with van der Waals surface area (Å²) in [7, 11) is 1.64. The molecule has 1 aliphatic carbocycles. The third-order valence-corrected chi connectivity index (χ3v) is 3.20. The van der Waals surface area contributed by atoms with Gasteiger partial charge in [0.05, 0.1) is 0 Å². The maximum atomic E-state index is 11.5. The first-order valence-corrected chi connectivity index (χ1v) is 6.03. The molecule has 2 unspecified atom stereocenters. The Morgan fingerprint density at radius 1 is 1.41 bits per heavy atom. The minimum Gasteiger partial charge on any atom is -0.382 e. The zero-order valence-electron chi connectivity index (χ0n) is 10.1. The molecule has 2 atom stereocenters. The molecule has 1 aromatic rings. The van der Waals surface area contributed by atoms with Gasteiger partial charge in [0.15, 0.2) is 0 Å². The summed E-state index contributed by atoms with van der Waals surface area (Å²) in [5, 5.41) is 6.05. The summed E-state index contributed by atoms with van der Waals surface area (Å²) in [5.41, 5.74) is 7.55. The van der Waals surface area contributed by atoms with E-state index in [1.807, 2.05) is 24.3 Å². The maximum absolute atomic E-state index is 11.5. The van der Waals surface area contributed by atoms with Crippen LogP contribution in [0.25, 0.3) is 0 Å². The van der Waals surface area contributed by atoms with Crippen molar-refractivity contribution in [2.75, 3.05) is 12.4 Å². The first-order valence-electron chi connectivity index (χ1n) is 6.03. The number of anilines is 1. The van der Waals surface area contributed by atoms with E-state index < -0.39 is 0 Å². The highest BCUT2D eigenvalue weighted by molar-refractivity contribution is 5.94. The second kappa shape index (κ2) is 5.19. The van der Waals surface area contributed by atoms with Crippen molar-refractivity contribution in [1.29, 1.82) is 0 Å².